The van der Waals surface area contributed by atoms with E-state index in [1.54, 1.807) is 11.3 Å². The number of nitrogens with zero attached hydrogens (tertiary/aromatic N) is 1. The van der Waals surface area contributed by atoms with Gasteiger partial charge in [0.1, 0.15) is 0 Å². The Bertz CT molecular complexity index is 564. The van der Waals surface area contributed by atoms with Gasteiger partial charge in [-0.15, -0.1) is 11.3 Å². The van der Waals surface area contributed by atoms with Crippen molar-refractivity contribution in [3.63, 3.8) is 0 Å². The van der Waals surface area contributed by atoms with E-state index in [2.05, 4.69) is 33.4 Å². The Morgan fingerprint density at radius 3 is 2.74 bits per heavy atom. The number of rotatable bonds is 2. The largest absolute Gasteiger partial charge is 0.331 e. The zero-order valence-corrected chi connectivity index (χ0v) is 12.8. The second-order valence-electron chi connectivity index (χ2n) is 4.68. The van der Waals surface area contributed by atoms with E-state index in [-0.39, 0.29) is 11.9 Å². The minimum atomic E-state index is 0.142. The molecule has 1 fully saturated rings. The van der Waals surface area contributed by atoms with Gasteiger partial charge in [0, 0.05) is 21.5 Å². The third kappa shape index (κ3) is 2.60. The zero-order chi connectivity index (χ0) is 13.2. The monoisotopic (exact) mass is 335 g/mol. The summed E-state index contributed by atoms with van der Waals surface area (Å²) in [5.74, 6) is 0.142. The highest BCUT2D eigenvalue weighted by molar-refractivity contribution is 9.10. The van der Waals surface area contributed by atoms with Crippen LogP contribution >= 0.6 is 27.3 Å². The van der Waals surface area contributed by atoms with E-state index in [9.17, 15) is 4.79 Å². The number of halogens is 1. The molecule has 1 aliphatic heterocycles. The second-order valence-corrected chi connectivity index (χ2v) is 6.57. The number of amides is 1. The summed E-state index contributed by atoms with van der Waals surface area (Å²) in [5.41, 5.74) is 0.770. The summed E-state index contributed by atoms with van der Waals surface area (Å²) in [7, 11) is 0. The smallest absolute Gasteiger partial charge is 0.254 e. The lowest BCUT2D eigenvalue weighted by molar-refractivity contribution is 0.0738. The molecule has 2 heterocycles. The Morgan fingerprint density at radius 2 is 2.05 bits per heavy atom. The van der Waals surface area contributed by atoms with E-state index in [0.29, 0.717) is 0 Å². The molecule has 2 aromatic rings. The average molecular weight is 336 g/mol. The fourth-order valence-corrected chi connectivity index (χ4v) is 3.68. The molecule has 1 aromatic heterocycles. The number of benzene rings is 1. The third-order valence-electron chi connectivity index (χ3n) is 3.48. The number of carbonyl (C=O) groups excluding carboxylic acids is 1. The van der Waals surface area contributed by atoms with E-state index < -0.39 is 0 Å². The van der Waals surface area contributed by atoms with Crippen LogP contribution in [-0.2, 0) is 0 Å². The molecule has 0 radical (unpaired) electrons. The molecule has 1 atom stereocenters. The summed E-state index contributed by atoms with van der Waals surface area (Å²) in [5, 5.41) is 2.08. The molecule has 4 heteroatoms. The molecule has 3 rings (SSSR count). The van der Waals surface area contributed by atoms with Crippen molar-refractivity contribution < 1.29 is 4.79 Å². The molecule has 0 saturated carbocycles. The molecule has 0 N–H and O–H groups in total. The van der Waals surface area contributed by atoms with Crippen LogP contribution in [0.5, 0.6) is 0 Å². The Hall–Kier alpha value is -1.13. The maximum atomic E-state index is 12.6. The van der Waals surface area contributed by atoms with Crippen LogP contribution in [0.2, 0.25) is 0 Å². The van der Waals surface area contributed by atoms with Gasteiger partial charge < -0.3 is 4.90 Å². The van der Waals surface area contributed by atoms with Gasteiger partial charge in [-0.3, -0.25) is 4.79 Å². The third-order valence-corrected chi connectivity index (χ3v) is 4.98. The molecule has 0 bridgehead atoms. The average Bonchev–Trinajstić information content (AvgIpc) is 3.09. The molecule has 1 aliphatic rings. The van der Waals surface area contributed by atoms with Crippen LogP contribution in [-0.4, -0.2) is 17.4 Å². The molecule has 19 heavy (non-hydrogen) atoms. The molecule has 1 aromatic carbocycles. The fraction of sp³-hybridized carbons (Fsp3) is 0.267. The van der Waals surface area contributed by atoms with Gasteiger partial charge in [-0.1, -0.05) is 22.0 Å². The molecule has 2 nitrogen and oxygen atoms in total. The summed E-state index contributed by atoms with van der Waals surface area (Å²) >= 11 is 5.14. The lowest BCUT2D eigenvalue weighted by Crippen LogP contribution is -2.30. The minimum Gasteiger partial charge on any atom is -0.331 e. The molecule has 0 aliphatic carbocycles. The Labute approximate surface area is 125 Å². The molecular weight excluding hydrogens is 322 g/mol. The van der Waals surface area contributed by atoms with Crippen molar-refractivity contribution in [2.75, 3.05) is 6.54 Å². The lowest BCUT2D eigenvalue weighted by atomic mass is 10.1. The first kappa shape index (κ1) is 12.9. The maximum absolute atomic E-state index is 12.6. The number of hydrogen-bond acceptors (Lipinski definition) is 2. The molecule has 1 amide bonds. The van der Waals surface area contributed by atoms with Crippen molar-refractivity contribution in [2.45, 2.75) is 18.9 Å². The highest BCUT2D eigenvalue weighted by Gasteiger charge is 2.30. The number of carbonyl (C=O) groups is 1. The highest BCUT2D eigenvalue weighted by atomic mass is 79.9. The van der Waals surface area contributed by atoms with Crippen molar-refractivity contribution in [2.24, 2.45) is 0 Å². The van der Waals surface area contributed by atoms with Crippen molar-refractivity contribution in [3.8, 4) is 0 Å². The van der Waals surface area contributed by atoms with E-state index in [1.807, 2.05) is 29.2 Å². The quantitative estimate of drug-likeness (QED) is 0.791. The number of hydrogen-bond donors (Lipinski definition) is 0. The molecular formula is C15H14BrNOS. The SMILES string of the molecule is O=C(c1ccc(Br)cc1)N1CCCC1c1cccs1. The van der Waals surface area contributed by atoms with Gasteiger partial charge in [0.05, 0.1) is 6.04 Å². The van der Waals surface area contributed by atoms with Crippen LogP contribution in [0.15, 0.2) is 46.3 Å². The predicted octanol–water partition coefficient (Wildman–Crippen LogP) is 4.49. The van der Waals surface area contributed by atoms with Crippen molar-refractivity contribution >= 4 is 33.2 Å². The number of likely N-dealkylation sites (tertiary alicyclic amines) is 1. The van der Waals surface area contributed by atoms with Crippen LogP contribution in [0.1, 0.15) is 34.1 Å². The molecule has 0 spiro atoms. The normalized spacial score (nSPS) is 18.8. The molecule has 1 unspecified atom stereocenters. The van der Waals surface area contributed by atoms with Gasteiger partial charge in [0.15, 0.2) is 0 Å². The van der Waals surface area contributed by atoms with Gasteiger partial charge in [0.2, 0.25) is 0 Å². The van der Waals surface area contributed by atoms with Gasteiger partial charge in [-0.05, 0) is 48.6 Å². The summed E-state index contributed by atoms with van der Waals surface area (Å²) in [4.78, 5) is 15.9. The van der Waals surface area contributed by atoms with Crippen LogP contribution in [0.25, 0.3) is 0 Å². The topological polar surface area (TPSA) is 20.3 Å². The van der Waals surface area contributed by atoms with Crippen molar-refractivity contribution in [1.82, 2.24) is 4.90 Å². The minimum absolute atomic E-state index is 0.142. The van der Waals surface area contributed by atoms with Crippen LogP contribution in [0.4, 0.5) is 0 Å². The van der Waals surface area contributed by atoms with Crippen LogP contribution in [0.3, 0.4) is 0 Å². The lowest BCUT2D eigenvalue weighted by Gasteiger charge is -2.24. The first-order valence-electron chi connectivity index (χ1n) is 6.35. The first-order chi connectivity index (χ1) is 9.25. The van der Waals surface area contributed by atoms with Gasteiger partial charge in [0.25, 0.3) is 5.91 Å². The first-order valence-corrected chi connectivity index (χ1v) is 8.03. The maximum Gasteiger partial charge on any atom is 0.254 e. The molecule has 98 valence electrons. The summed E-state index contributed by atoms with van der Waals surface area (Å²) in [6.45, 7) is 0.859. The van der Waals surface area contributed by atoms with Crippen molar-refractivity contribution in [1.29, 1.82) is 0 Å². The Kier molecular flexibility index (Phi) is 3.71. The summed E-state index contributed by atoms with van der Waals surface area (Å²) in [6, 6.07) is 12.1. The number of thiophene rings is 1. The van der Waals surface area contributed by atoms with Gasteiger partial charge in [-0.25, -0.2) is 0 Å². The summed E-state index contributed by atoms with van der Waals surface area (Å²) < 4.78 is 1.00. The van der Waals surface area contributed by atoms with Crippen LogP contribution < -0.4 is 0 Å². The van der Waals surface area contributed by atoms with Crippen LogP contribution in [0, 0.1) is 0 Å². The standard InChI is InChI=1S/C15H14BrNOS/c16-12-7-5-11(6-8-12)15(18)17-9-1-3-13(17)14-4-2-10-19-14/h2,4-8,10,13H,1,3,9H2. The Morgan fingerprint density at radius 1 is 1.26 bits per heavy atom. The highest BCUT2D eigenvalue weighted by Crippen LogP contribution is 2.35. The van der Waals surface area contributed by atoms with E-state index >= 15 is 0 Å². The van der Waals surface area contributed by atoms with Gasteiger partial charge >= 0.3 is 0 Å². The van der Waals surface area contributed by atoms with Crippen molar-refractivity contribution in [3.05, 3.63) is 56.7 Å². The Balaban J connectivity index is 1.84. The zero-order valence-electron chi connectivity index (χ0n) is 10.4. The fourth-order valence-electron chi connectivity index (χ4n) is 2.54. The summed E-state index contributed by atoms with van der Waals surface area (Å²) in [6.07, 6.45) is 2.16. The predicted molar refractivity (Wildman–Crippen MR) is 81.5 cm³/mol. The van der Waals surface area contributed by atoms with E-state index in [0.717, 1.165) is 29.4 Å². The van der Waals surface area contributed by atoms with E-state index in [1.165, 1.54) is 4.88 Å². The second kappa shape index (κ2) is 5.47. The molecule has 1 saturated heterocycles. The van der Waals surface area contributed by atoms with E-state index in [4.69, 9.17) is 0 Å². The van der Waals surface area contributed by atoms with Gasteiger partial charge in [-0.2, -0.15) is 0 Å².